The van der Waals surface area contributed by atoms with Crippen molar-refractivity contribution in [2.75, 3.05) is 6.61 Å². The second kappa shape index (κ2) is 9.59. The molecule has 5 heteroatoms. The van der Waals surface area contributed by atoms with Crippen LogP contribution < -0.4 is 10.1 Å². The predicted molar refractivity (Wildman–Crippen MR) is 116 cm³/mol. The van der Waals surface area contributed by atoms with E-state index < -0.39 is 6.04 Å². The predicted octanol–water partition coefficient (Wildman–Crippen LogP) is 4.01. The Kier molecular flexibility index (Phi) is 7.43. The van der Waals surface area contributed by atoms with Gasteiger partial charge in [0.05, 0.1) is 0 Å². The summed E-state index contributed by atoms with van der Waals surface area (Å²) in [7, 11) is 0. The summed E-state index contributed by atoms with van der Waals surface area (Å²) >= 11 is 0. The van der Waals surface area contributed by atoms with E-state index in [2.05, 4.69) is 5.32 Å². The lowest BCUT2D eigenvalue weighted by Crippen LogP contribution is -2.53. The Bertz CT molecular complexity index is 841. The van der Waals surface area contributed by atoms with Crippen molar-refractivity contribution in [1.29, 1.82) is 0 Å². The van der Waals surface area contributed by atoms with Crippen molar-refractivity contribution in [3.8, 4) is 5.75 Å². The Labute approximate surface area is 174 Å². The second-order valence-electron chi connectivity index (χ2n) is 8.48. The summed E-state index contributed by atoms with van der Waals surface area (Å²) < 4.78 is 5.78. The highest BCUT2D eigenvalue weighted by Crippen LogP contribution is 2.19. The summed E-state index contributed by atoms with van der Waals surface area (Å²) in [6, 6.07) is 14.9. The van der Waals surface area contributed by atoms with Gasteiger partial charge in [0.15, 0.2) is 6.61 Å². The number of aryl methyl sites for hydroxylation is 2. The minimum atomic E-state index is -0.621. The van der Waals surface area contributed by atoms with Gasteiger partial charge in [-0.3, -0.25) is 9.59 Å². The molecule has 0 saturated carbocycles. The van der Waals surface area contributed by atoms with Crippen LogP contribution in [0.15, 0.2) is 48.5 Å². The number of carbonyl (C=O) groups is 2. The van der Waals surface area contributed by atoms with Crippen LogP contribution in [0.3, 0.4) is 0 Å². The third-order valence-corrected chi connectivity index (χ3v) is 4.54. The molecule has 0 bridgehead atoms. The first kappa shape index (κ1) is 22.5. The van der Waals surface area contributed by atoms with Gasteiger partial charge in [-0.15, -0.1) is 0 Å². The quantitative estimate of drug-likeness (QED) is 0.769. The van der Waals surface area contributed by atoms with Crippen molar-refractivity contribution in [1.82, 2.24) is 10.2 Å². The van der Waals surface area contributed by atoms with Crippen LogP contribution in [0.5, 0.6) is 5.75 Å². The van der Waals surface area contributed by atoms with Crippen LogP contribution in [0.1, 0.15) is 44.4 Å². The molecule has 2 aromatic carbocycles. The molecule has 0 unspecified atom stereocenters. The lowest BCUT2D eigenvalue weighted by Gasteiger charge is -2.31. The van der Waals surface area contributed by atoms with E-state index in [-0.39, 0.29) is 24.0 Å². The van der Waals surface area contributed by atoms with Crippen molar-refractivity contribution < 1.29 is 14.3 Å². The standard InChI is InChI=1S/C24H32N2O3/c1-17-12-13-21(18(2)14-17)29-16-22(27)26(15-20-10-8-7-9-11-20)19(3)23(28)25-24(4,5)6/h7-14,19H,15-16H2,1-6H3,(H,25,28)/t19-/m0/s1. The monoisotopic (exact) mass is 396 g/mol. The number of hydrogen-bond donors (Lipinski definition) is 1. The van der Waals surface area contributed by atoms with E-state index in [1.165, 1.54) is 0 Å². The third kappa shape index (κ3) is 6.93. The lowest BCUT2D eigenvalue weighted by molar-refractivity contribution is -0.142. The van der Waals surface area contributed by atoms with Gasteiger partial charge in [0.1, 0.15) is 11.8 Å². The fourth-order valence-corrected chi connectivity index (χ4v) is 3.02. The number of amides is 2. The highest BCUT2D eigenvalue weighted by Gasteiger charge is 2.28. The summed E-state index contributed by atoms with van der Waals surface area (Å²) in [4.78, 5) is 27.3. The van der Waals surface area contributed by atoms with Crippen LogP contribution in [-0.2, 0) is 16.1 Å². The first-order valence-corrected chi connectivity index (χ1v) is 9.92. The molecule has 0 fully saturated rings. The second-order valence-corrected chi connectivity index (χ2v) is 8.48. The Morgan fingerprint density at radius 1 is 1.07 bits per heavy atom. The molecule has 0 aliphatic rings. The van der Waals surface area contributed by atoms with Crippen LogP contribution in [0.4, 0.5) is 0 Å². The van der Waals surface area contributed by atoms with Crippen molar-refractivity contribution in [3.05, 3.63) is 65.2 Å². The molecule has 0 aromatic heterocycles. The number of ether oxygens (including phenoxy) is 1. The minimum Gasteiger partial charge on any atom is -0.483 e. The Balaban J connectivity index is 2.16. The van der Waals surface area contributed by atoms with Crippen molar-refractivity contribution >= 4 is 11.8 Å². The van der Waals surface area contributed by atoms with Crippen LogP contribution >= 0.6 is 0 Å². The van der Waals surface area contributed by atoms with E-state index in [1.807, 2.05) is 83.1 Å². The van der Waals surface area contributed by atoms with Gasteiger partial charge < -0.3 is 15.0 Å². The van der Waals surface area contributed by atoms with Gasteiger partial charge in [0.25, 0.3) is 5.91 Å². The number of rotatable bonds is 7. The summed E-state index contributed by atoms with van der Waals surface area (Å²) in [6.45, 7) is 11.7. The van der Waals surface area contributed by atoms with E-state index in [9.17, 15) is 9.59 Å². The molecule has 2 aromatic rings. The minimum absolute atomic E-state index is 0.121. The van der Waals surface area contributed by atoms with Gasteiger partial charge in [-0.1, -0.05) is 48.0 Å². The highest BCUT2D eigenvalue weighted by atomic mass is 16.5. The molecule has 156 valence electrons. The molecular formula is C24H32N2O3. The summed E-state index contributed by atoms with van der Waals surface area (Å²) in [5.74, 6) is 0.258. The normalized spacial score (nSPS) is 12.2. The smallest absolute Gasteiger partial charge is 0.261 e. The van der Waals surface area contributed by atoms with E-state index in [1.54, 1.807) is 11.8 Å². The van der Waals surface area contributed by atoms with Crippen molar-refractivity contribution in [3.63, 3.8) is 0 Å². The summed E-state index contributed by atoms with van der Waals surface area (Å²) in [6.07, 6.45) is 0. The fourth-order valence-electron chi connectivity index (χ4n) is 3.02. The van der Waals surface area contributed by atoms with Crippen LogP contribution in [0.2, 0.25) is 0 Å². The number of benzene rings is 2. The molecule has 5 nitrogen and oxygen atoms in total. The van der Waals surface area contributed by atoms with Gasteiger partial charge in [-0.25, -0.2) is 0 Å². The molecule has 2 amide bonds. The molecule has 0 saturated heterocycles. The Morgan fingerprint density at radius 3 is 2.31 bits per heavy atom. The van der Waals surface area contributed by atoms with Crippen LogP contribution in [-0.4, -0.2) is 34.9 Å². The van der Waals surface area contributed by atoms with Gasteiger partial charge in [0.2, 0.25) is 5.91 Å². The zero-order valence-electron chi connectivity index (χ0n) is 18.3. The highest BCUT2D eigenvalue weighted by molar-refractivity contribution is 5.88. The van der Waals surface area contributed by atoms with E-state index in [4.69, 9.17) is 4.74 Å². The van der Waals surface area contributed by atoms with Crippen LogP contribution in [0, 0.1) is 13.8 Å². The summed E-state index contributed by atoms with van der Waals surface area (Å²) in [5.41, 5.74) is 2.70. The molecule has 1 atom stereocenters. The van der Waals surface area contributed by atoms with E-state index >= 15 is 0 Å². The SMILES string of the molecule is Cc1ccc(OCC(=O)N(Cc2ccccc2)[C@@H](C)C(=O)NC(C)(C)C)c(C)c1. The first-order chi connectivity index (χ1) is 13.6. The largest absolute Gasteiger partial charge is 0.483 e. The van der Waals surface area contributed by atoms with Crippen molar-refractivity contribution in [2.45, 2.75) is 59.7 Å². The third-order valence-electron chi connectivity index (χ3n) is 4.54. The average molecular weight is 397 g/mol. The number of nitrogens with zero attached hydrogens (tertiary/aromatic N) is 1. The molecule has 0 radical (unpaired) electrons. The topological polar surface area (TPSA) is 58.6 Å². The van der Waals surface area contributed by atoms with E-state index in [0.717, 1.165) is 16.7 Å². The van der Waals surface area contributed by atoms with Gasteiger partial charge in [-0.2, -0.15) is 0 Å². The molecule has 1 N–H and O–H groups in total. The fraction of sp³-hybridized carbons (Fsp3) is 0.417. The van der Waals surface area contributed by atoms with Crippen LogP contribution in [0.25, 0.3) is 0 Å². The number of hydrogen-bond acceptors (Lipinski definition) is 3. The number of carbonyl (C=O) groups excluding carboxylic acids is 2. The Hall–Kier alpha value is -2.82. The molecule has 2 rings (SSSR count). The molecule has 0 heterocycles. The van der Waals surface area contributed by atoms with Gasteiger partial charge in [-0.05, 0) is 58.7 Å². The maximum absolute atomic E-state index is 13.0. The molecule has 0 aliphatic heterocycles. The zero-order valence-corrected chi connectivity index (χ0v) is 18.3. The van der Waals surface area contributed by atoms with E-state index in [0.29, 0.717) is 12.3 Å². The Morgan fingerprint density at radius 2 is 1.72 bits per heavy atom. The summed E-state index contributed by atoms with van der Waals surface area (Å²) in [5, 5.41) is 2.96. The number of nitrogens with one attached hydrogen (secondary N) is 1. The lowest BCUT2D eigenvalue weighted by atomic mass is 10.1. The molecule has 29 heavy (non-hydrogen) atoms. The maximum atomic E-state index is 13.0. The first-order valence-electron chi connectivity index (χ1n) is 9.92. The maximum Gasteiger partial charge on any atom is 0.261 e. The van der Waals surface area contributed by atoms with Crippen molar-refractivity contribution in [2.24, 2.45) is 0 Å². The molecule has 0 aliphatic carbocycles. The van der Waals surface area contributed by atoms with Gasteiger partial charge >= 0.3 is 0 Å². The molecule has 0 spiro atoms. The average Bonchev–Trinajstić information content (AvgIpc) is 2.64. The zero-order chi connectivity index (χ0) is 21.6. The molecular weight excluding hydrogens is 364 g/mol. The van der Waals surface area contributed by atoms with Gasteiger partial charge in [0, 0.05) is 12.1 Å².